The van der Waals surface area contributed by atoms with Gasteiger partial charge in [0.25, 0.3) is 0 Å². The summed E-state index contributed by atoms with van der Waals surface area (Å²) in [7, 11) is 1.32. The SMILES string of the molecule is COC(=O)CC(NC(=O)CSc1ccc(F)cc1)c1cccs1. The lowest BCUT2D eigenvalue weighted by atomic mass is 10.1. The molecule has 0 bridgehead atoms. The van der Waals surface area contributed by atoms with Crippen molar-refractivity contribution in [1.82, 2.24) is 5.32 Å². The number of nitrogens with one attached hydrogen (secondary N) is 1. The molecule has 0 aliphatic rings. The van der Waals surface area contributed by atoms with E-state index in [-0.39, 0.29) is 29.9 Å². The maximum absolute atomic E-state index is 12.8. The molecule has 0 radical (unpaired) electrons. The molecule has 0 spiro atoms. The highest BCUT2D eigenvalue weighted by Gasteiger charge is 2.19. The van der Waals surface area contributed by atoms with Crippen LogP contribution in [-0.2, 0) is 14.3 Å². The number of hydrogen-bond acceptors (Lipinski definition) is 5. The van der Waals surface area contributed by atoms with E-state index in [0.717, 1.165) is 9.77 Å². The normalized spacial score (nSPS) is 11.7. The maximum atomic E-state index is 12.8. The Kier molecular flexibility index (Phi) is 6.61. The molecule has 4 nitrogen and oxygen atoms in total. The van der Waals surface area contributed by atoms with Gasteiger partial charge in [-0.1, -0.05) is 6.07 Å². The van der Waals surface area contributed by atoms with Crippen LogP contribution in [0.1, 0.15) is 17.3 Å². The van der Waals surface area contributed by atoms with Crippen LogP contribution in [0.5, 0.6) is 0 Å². The van der Waals surface area contributed by atoms with E-state index < -0.39 is 6.04 Å². The molecular weight excluding hydrogens is 337 g/mol. The molecule has 0 fully saturated rings. The molecular formula is C16H16FNO3S2. The van der Waals surface area contributed by atoms with Crippen LogP contribution in [0, 0.1) is 5.82 Å². The molecule has 122 valence electrons. The van der Waals surface area contributed by atoms with Crippen LogP contribution in [0.2, 0.25) is 0 Å². The summed E-state index contributed by atoms with van der Waals surface area (Å²) in [4.78, 5) is 25.3. The minimum absolute atomic E-state index is 0.0873. The lowest BCUT2D eigenvalue weighted by Gasteiger charge is -2.16. The van der Waals surface area contributed by atoms with Gasteiger partial charge in [0, 0.05) is 9.77 Å². The van der Waals surface area contributed by atoms with Crippen molar-refractivity contribution < 1.29 is 18.7 Å². The number of methoxy groups -OCH3 is 1. The van der Waals surface area contributed by atoms with Gasteiger partial charge in [0.05, 0.1) is 25.3 Å². The zero-order chi connectivity index (χ0) is 16.7. The van der Waals surface area contributed by atoms with Crippen molar-refractivity contribution in [2.75, 3.05) is 12.9 Å². The predicted octanol–water partition coefficient (Wildman–Crippen LogP) is 3.40. The lowest BCUT2D eigenvalue weighted by molar-refractivity contribution is -0.141. The first-order chi connectivity index (χ1) is 11.1. The molecule has 0 saturated heterocycles. The first kappa shape index (κ1) is 17.5. The Labute approximate surface area is 142 Å². The van der Waals surface area contributed by atoms with Gasteiger partial charge in [0.1, 0.15) is 5.82 Å². The van der Waals surface area contributed by atoms with Gasteiger partial charge < -0.3 is 10.1 Å². The number of rotatable bonds is 7. The molecule has 2 rings (SSSR count). The third-order valence-corrected chi connectivity index (χ3v) is 5.00. The van der Waals surface area contributed by atoms with Crippen molar-refractivity contribution in [3.8, 4) is 0 Å². The second kappa shape index (κ2) is 8.69. The zero-order valence-corrected chi connectivity index (χ0v) is 14.1. The third-order valence-electron chi connectivity index (χ3n) is 3.00. The summed E-state index contributed by atoms with van der Waals surface area (Å²) in [5.41, 5.74) is 0. The molecule has 2 aromatic rings. The van der Waals surface area contributed by atoms with Crippen LogP contribution in [-0.4, -0.2) is 24.7 Å². The smallest absolute Gasteiger partial charge is 0.307 e. The van der Waals surface area contributed by atoms with Gasteiger partial charge in [-0.15, -0.1) is 23.1 Å². The number of thioether (sulfide) groups is 1. The summed E-state index contributed by atoms with van der Waals surface area (Å²) in [6.45, 7) is 0. The van der Waals surface area contributed by atoms with E-state index in [0.29, 0.717) is 0 Å². The number of halogens is 1. The predicted molar refractivity (Wildman–Crippen MR) is 89.0 cm³/mol. The van der Waals surface area contributed by atoms with Gasteiger partial charge in [-0.2, -0.15) is 0 Å². The van der Waals surface area contributed by atoms with Crippen molar-refractivity contribution in [1.29, 1.82) is 0 Å². The Hall–Kier alpha value is -1.86. The first-order valence-corrected chi connectivity index (χ1v) is 8.73. The monoisotopic (exact) mass is 353 g/mol. The summed E-state index contributed by atoms with van der Waals surface area (Å²) < 4.78 is 17.5. The Balaban J connectivity index is 1.91. The van der Waals surface area contributed by atoms with Crippen molar-refractivity contribution >= 4 is 35.0 Å². The van der Waals surface area contributed by atoms with E-state index in [2.05, 4.69) is 10.1 Å². The minimum Gasteiger partial charge on any atom is -0.469 e. The van der Waals surface area contributed by atoms with Crippen LogP contribution >= 0.6 is 23.1 Å². The van der Waals surface area contributed by atoms with Crippen LogP contribution in [0.3, 0.4) is 0 Å². The fraction of sp³-hybridized carbons (Fsp3) is 0.250. The fourth-order valence-electron chi connectivity index (χ4n) is 1.88. The van der Waals surface area contributed by atoms with E-state index in [1.54, 1.807) is 12.1 Å². The van der Waals surface area contributed by atoms with E-state index in [9.17, 15) is 14.0 Å². The number of hydrogen-bond donors (Lipinski definition) is 1. The van der Waals surface area contributed by atoms with Gasteiger partial charge >= 0.3 is 5.97 Å². The number of esters is 1. The molecule has 1 aromatic carbocycles. The number of thiophene rings is 1. The highest BCUT2D eigenvalue weighted by Crippen LogP contribution is 2.23. The van der Waals surface area contributed by atoms with Crippen LogP contribution in [0.4, 0.5) is 4.39 Å². The molecule has 7 heteroatoms. The summed E-state index contributed by atoms with van der Waals surface area (Å²) in [5, 5.41) is 4.73. The molecule has 23 heavy (non-hydrogen) atoms. The standard InChI is InChI=1S/C16H16FNO3S2/c1-21-16(20)9-13(14-3-2-8-22-14)18-15(19)10-23-12-6-4-11(17)5-7-12/h2-8,13H,9-10H2,1H3,(H,18,19). The Morgan fingerprint density at radius 3 is 2.65 bits per heavy atom. The van der Waals surface area contributed by atoms with Crippen molar-refractivity contribution in [3.63, 3.8) is 0 Å². The van der Waals surface area contributed by atoms with Crippen molar-refractivity contribution in [2.24, 2.45) is 0 Å². The largest absolute Gasteiger partial charge is 0.469 e. The number of carbonyl (C=O) groups excluding carboxylic acids is 2. The molecule has 1 atom stereocenters. The van der Waals surface area contributed by atoms with Gasteiger partial charge in [-0.05, 0) is 35.7 Å². The molecule has 1 unspecified atom stereocenters. The Bertz CT molecular complexity index is 644. The second-order valence-corrected chi connectivity index (χ2v) is 6.69. The minimum atomic E-state index is -0.399. The molecule has 1 aromatic heterocycles. The maximum Gasteiger partial charge on any atom is 0.307 e. The summed E-state index contributed by atoms with van der Waals surface area (Å²) >= 11 is 2.78. The summed E-state index contributed by atoms with van der Waals surface area (Å²) in [6, 6.07) is 9.29. The number of benzene rings is 1. The topological polar surface area (TPSA) is 55.4 Å². The van der Waals surface area contributed by atoms with E-state index in [1.165, 1.54) is 42.3 Å². The van der Waals surface area contributed by atoms with Crippen molar-refractivity contribution in [2.45, 2.75) is 17.4 Å². The average molecular weight is 353 g/mol. The lowest BCUT2D eigenvalue weighted by Crippen LogP contribution is -2.31. The Morgan fingerprint density at radius 2 is 2.04 bits per heavy atom. The quantitative estimate of drug-likeness (QED) is 0.612. The van der Waals surface area contributed by atoms with E-state index in [4.69, 9.17) is 0 Å². The van der Waals surface area contributed by atoms with Gasteiger partial charge in [-0.25, -0.2) is 4.39 Å². The van der Waals surface area contributed by atoms with Crippen molar-refractivity contribution in [3.05, 3.63) is 52.5 Å². The Morgan fingerprint density at radius 1 is 1.30 bits per heavy atom. The molecule has 0 saturated carbocycles. The van der Waals surface area contributed by atoms with E-state index >= 15 is 0 Å². The third kappa shape index (κ3) is 5.69. The molecule has 0 aliphatic heterocycles. The average Bonchev–Trinajstić information content (AvgIpc) is 3.08. The zero-order valence-electron chi connectivity index (χ0n) is 12.5. The van der Waals surface area contributed by atoms with Crippen LogP contribution in [0.25, 0.3) is 0 Å². The van der Waals surface area contributed by atoms with Gasteiger partial charge in [-0.3, -0.25) is 9.59 Å². The summed E-state index contributed by atoms with van der Waals surface area (Å²) in [6.07, 6.45) is 0.0873. The second-order valence-electron chi connectivity index (χ2n) is 4.66. The molecule has 1 heterocycles. The van der Waals surface area contributed by atoms with Gasteiger partial charge in [0.2, 0.25) is 5.91 Å². The molecule has 1 amide bonds. The highest BCUT2D eigenvalue weighted by atomic mass is 32.2. The van der Waals surface area contributed by atoms with E-state index in [1.807, 2.05) is 17.5 Å². The fourth-order valence-corrected chi connectivity index (χ4v) is 3.37. The molecule has 1 N–H and O–H groups in total. The first-order valence-electron chi connectivity index (χ1n) is 6.86. The highest BCUT2D eigenvalue weighted by molar-refractivity contribution is 8.00. The number of amides is 1. The number of ether oxygens (including phenoxy) is 1. The summed E-state index contributed by atoms with van der Waals surface area (Å²) in [5.74, 6) is -0.694. The van der Waals surface area contributed by atoms with Crippen LogP contribution < -0.4 is 5.32 Å². The number of carbonyl (C=O) groups is 2. The van der Waals surface area contributed by atoms with Crippen LogP contribution in [0.15, 0.2) is 46.7 Å². The van der Waals surface area contributed by atoms with Gasteiger partial charge in [0.15, 0.2) is 0 Å². The molecule has 0 aliphatic carbocycles.